The third-order valence-corrected chi connectivity index (χ3v) is 6.56. The van der Waals surface area contributed by atoms with Gasteiger partial charge in [-0.1, -0.05) is 6.07 Å². The molecule has 0 bridgehead atoms. The van der Waals surface area contributed by atoms with Gasteiger partial charge in [0.2, 0.25) is 11.8 Å². The molecule has 1 aromatic rings. The minimum atomic E-state index is -0.582. The van der Waals surface area contributed by atoms with E-state index in [-0.39, 0.29) is 30.4 Å². The molecular weight excluding hydrogens is 386 g/mol. The maximum atomic E-state index is 13.0. The Labute approximate surface area is 176 Å². The Morgan fingerprint density at radius 2 is 1.83 bits per heavy atom. The highest BCUT2D eigenvalue weighted by Gasteiger charge is 2.40. The number of fused-ring (bicyclic) bond motifs is 1. The smallest absolute Gasteiger partial charge is 0.255 e. The summed E-state index contributed by atoms with van der Waals surface area (Å²) in [6.07, 6.45) is 3.44. The minimum absolute atomic E-state index is 0.126. The predicted molar refractivity (Wildman–Crippen MR) is 110 cm³/mol. The Morgan fingerprint density at radius 1 is 1.10 bits per heavy atom. The summed E-state index contributed by atoms with van der Waals surface area (Å²) in [4.78, 5) is 40.7. The molecular formula is C22H29N3O5. The summed E-state index contributed by atoms with van der Waals surface area (Å²) in [6.45, 7) is 2.23. The fourth-order valence-corrected chi connectivity index (χ4v) is 4.84. The van der Waals surface area contributed by atoms with E-state index in [0.29, 0.717) is 24.4 Å². The van der Waals surface area contributed by atoms with Crippen molar-refractivity contribution in [3.63, 3.8) is 0 Å². The van der Waals surface area contributed by atoms with Crippen molar-refractivity contribution in [3.8, 4) is 0 Å². The van der Waals surface area contributed by atoms with Crippen molar-refractivity contribution in [1.82, 2.24) is 10.2 Å². The molecule has 8 heteroatoms. The fourth-order valence-electron chi connectivity index (χ4n) is 4.84. The predicted octanol–water partition coefficient (Wildman–Crippen LogP) is 1.67. The van der Waals surface area contributed by atoms with Crippen molar-refractivity contribution < 1.29 is 23.9 Å². The van der Waals surface area contributed by atoms with Crippen LogP contribution in [0.25, 0.3) is 0 Å². The molecule has 1 unspecified atom stereocenters. The first-order valence-corrected chi connectivity index (χ1v) is 10.6. The molecule has 0 spiro atoms. The zero-order chi connectivity index (χ0) is 21.3. The van der Waals surface area contributed by atoms with Gasteiger partial charge in [-0.3, -0.25) is 19.7 Å². The Balaban J connectivity index is 1.46. The van der Waals surface area contributed by atoms with Crippen molar-refractivity contribution in [1.29, 1.82) is 0 Å². The lowest BCUT2D eigenvalue weighted by molar-refractivity contribution is -0.136. The molecule has 0 radical (unpaired) electrons. The van der Waals surface area contributed by atoms with Gasteiger partial charge in [0.05, 0.1) is 0 Å². The van der Waals surface area contributed by atoms with Crippen LogP contribution in [0.5, 0.6) is 0 Å². The number of anilines is 1. The first-order chi connectivity index (χ1) is 14.5. The molecule has 3 aliphatic heterocycles. The molecule has 0 aromatic heterocycles. The van der Waals surface area contributed by atoms with Crippen LogP contribution in [-0.2, 0) is 25.6 Å². The zero-order valence-electron chi connectivity index (χ0n) is 17.6. The van der Waals surface area contributed by atoms with Crippen LogP contribution < -0.4 is 10.2 Å². The van der Waals surface area contributed by atoms with E-state index in [0.717, 1.165) is 43.6 Å². The van der Waals surface area contributed by atoms with Gasteiger partial charge in [-0.25, -0.2) is 0 Å². The Hall–Kier alpha value is -2.45. The van der Waals surface area contributed by atoms with Crippen molar-refractivity contribution in [2.45, 2.75) is 51.0 Å². The highest BCUT2D eigenvalue weighted by atomic mass is 16.7. The number of nitrogens with zero attached hydrogens (tertiary/aromatic N) is 2. The Morgan fingerprint density at radius 3 is 2.50 bits per heavy atom. The van der Waals surface area contributed by atoms with E-state index in [1.165, 1.54) is 0 Å². The average molecular weight is 415 g/mol. The Bertz CT molecular complexity index is 830. The van der Waals surface area contributed by atoms with Gasteiger partial charge in [0.1, 0.15) is 6.04 Å². The Kier molecular flexibility index (Phi) is 6.06. The van der Waals surface area contributed by atoms with E-state index in [1.807, 2.05) is 12.1 Å². The van der Waals surface area contributed by atoms with Crippen LogP contribution in [0.1, 0.15) is 48.0 Å². The molecule has 8 nitrogen and oxygen atoms in total. The van der Waals surface area contributed by atoms with Crippen molar-refractivity contribution in [3.05, 3.63) is 29.3 Å². The number of amides is 3. The maximum Gasteiger partial charge on any atom is 0.255 e. The molecule has 4 rings (SSSR count). The van der Waals surface area contributed by atoms with Crippen LogP contribution in [0.4, 0.5) is 5.69 Å². The maximum absolute atomic E-state index is 13.0. The lowest BCUT2D eigenvalue weighted by atomic mass is 9.92. The van der Waals surface area contributed by atoms with Gasteiger partial charge in [0, 0.05) is 63.5 Å². The van der Waals surface area contributed by atoms with Gasteiger partial charge in [0.15, 0.2) is 6.29 Å². The van der Waals surface area contributed by atoms with Gasteiger partial charge in [-0.2, -0.15) is 0 Å². The molecule has 1 aromatic carbocycles. The molecule has 0 aliphatic carbocycles. The van der Waals surface area contributed by atoms with Gasteiger partial charge in [0.25, 0.3) is 5.91 Å². The first kappa shape index (κ1) is 20.8. The van der Waals surface area contributed by atoms with Crippen molar-refractivity contribution >= 4 is 23.4 Å². The topological polar surface area (TPSA) is 88.2 Å². The third-order valence-electron chi connectivity index (χ3n) is 6.56. The van der Waals surface area contributed by atoms with Crippen LogP contribution >= 0.6 is 0 Å². The molecule has 30 heavy (non-hydrogen) atoms. The highest BCUT2D eigenvalue weighted by molar-refractivity contribution is 6.06. The van der Waals surface area contributed by atoms with E-state index in [4.69, 9.17) is 9.47 Å². The number of hydrogen-bond donors (Lipinski definition) is 1. The molecule has 1 N–H and O–H groups in total. The van der Waals surface area contributed by atoms with Gasteiger partial charge >= 0.3 is 0 Å². The van der Waals surface area contributed by atoms with Gasteiger partial charge < -0.3 is 19.3 Å². The number of hydrogen-bond acceptors (Lipinski definition) is 6. The third kappa shape index (κ3) is 3.94. The van der Waals surface area contributed by atoms with Crippen LogP contribution in [0, 0.1) is 5.92 Å². The normalized spacial score (nSPS) is 22.6. The molecule has 1 atom stereocenters. The second-order valence-electron chi connectivity index (χ2n) is 8.27. The summed E-state index contributed by atoms with van der Waals surface area (Å²) >= 11 is 0. The molecule has 2 fully saturated rings. The summed E-state index contributed by atoms with van der Waals surface area (Å²) in [5, 5.41) is 2.36. The minimum Gasteiger partial charge on any atom is -0.371 e. The summed E-state index contributed by atoms with van der Waals surface area (Å²) in [7, 11) is 3.34. The zero-order valence-corrected chi connectivity index (χ0v) is 17.6. The number of imide groups is 1. The number of rotatable bonds is 6. The molecule has 162 valence electrons. The summed E-state index contributed by atoms with van der Waals surface area (Å²) < 4.78 is 10.7. The molecule has 3 heterocycles. The lowest BCUT2D eigenvalue weighted by Crippen LogP contribution is -2.52. The van der Waals surface area contributed by atoms with Gasteiger partial charge in [-0.05, 0) is 37.3 Å². The monoisotopic (exact) mass is 415 g/mol. The second kappa shape index (κ2) is 8.73. The average Bonchev–Trinajstić information content (AvgIpc) is 3.09. The van der Waals surface area contributed by atoms with E-state index < -0.39 is 6.04 Å². The fraction of sp³-hybridized carbons (Fsp3) is 0.591. The van der Waals surface area contributed by atoms with Crippen LogP contribution in [0.2, 0.25) is 0 Å². The highest BCUT2D eigenvalue weighted by Crippen LogP contribution is 2.36. The number of benzene rings is 1. The first-order valence-electron chi connectivity index (χ1n) is 10.6. The number of carbonyl (C=O) groups excluding carboxylic acids is 3. The van der Waals surface area contributed by atoms with E-state index in [1.54, 1.807) is 19.1 Å². The van der Waals surface area contributed by atoms with E-state index in [2.05, 4.69) is 16.3 Å². The van der Waals surface area contributed by atoms with Crippen molar-refractivity contribution in [2.75, 3.05) is 32.2 Å². The number of carbonyl (C=O) groups is 3. The number of methoxy groups -OCH3 is 2. The number of piperidine rings is 2. The number of ether oxygens (including phenoxy) is 2. The lowest BCUT2D eigenvalue weighted by Gasteiger charge is -2.35. The van der Waals surface area contributed by atoms with E-state index >= 15 is 0 Å². The summed E-state index contributed by atoms with van der Waals surface area (Å²) in [6, 6.07) is 5.23. The van der Waals surface area contributed by atoms with Crippen molar-refractivity contribution in [2.24, 2.45) is 5.92 Å². The van der Waals surface area contributed by atoms with E-state index in [9.17, 15) is 14.4 Å². The van der Waals surface area contributed by atoms with Crippen LogP contribution in [0.15, 0.2) is 18.2 Å². The standard InChI is InChI=1S/C22H29N3O5/c1-29-20(30-2)12-14-8-10-24(11-9-14)17-5-3-4-15-16(17)13-25(22(15)28)18-6-7-19(26)23-21(18)27/h3-5,14,18,20H,6-13H2,1-2H3,(H,23,26,27). The summed E-state index contributed by atoms with van der Waals surface area (Å²) in [5.74, 6) is -0.224. The van der Waals surface area contributed by atoms with Crippen LogP contribution in [0.3, 0.4) is 0 Å². The van der Waals surface area contributed by atoms with Crippen LogP contribution in [-0.4, -0.2) is 62.3 Å². The SMILES string of the molecule is COC(CC1CCN(c2cccc3c2CN(C2CCC(=O)NC2=O)C3=O)CC1)OC. The summed E-state index contributed by atoms with van der Waals surface area (Å²) in [5.41, 5.74) is 2.72. The molecule has 0 saturated carbocycles. The molecule has 2 saturated heterocycles. The van der Waals surface area contributed by atoms with Gasteiger partial charge in [-0.15, -0.1) is 0 Å². The largest absolute Gasteiger partial charge is 0.371 e. The molecule has 3 amide bonds. The molecule has 3 aliphatic rings. The second-order valence-corrected chi connectivity index (χ2v) is 8.27. The number of nitrogens with one attached hydrogen (secondary N) is 1. The quantitative estimate of drug-likeness (QED) is 0.562.